The van der Waals surface area contributed by atoms with Crippen LogP contribution in [0.15, 0.2) is 47.2 Å². The summed E-state index contributed by atoms with van der Waals surface area (Å²) in [5, 5.41) is 26.9. The van der Waals surface area contributed by atoms with Crippen LogP contribution in [0.25, 0.3) is 11.4 Å². The second kappa shape index (κ2) is 9.41. The smallest absolute Gasteiger partial charge is 0.410 e. The van der Waals surface area contributed by atoms with Crippen molar-refractivity contribution in [3.05, 3.63) is 65.3 Å². The van der Waals surface area contributed by atoms with E-state index in [0.29, 0.717) is 30.1 Å². The topological polar surface area (TPSA) is 122 Å². The molecule has 3 aromatic rings. The Morgan fingerprint density at radius 2 is 1.72 bits per heavy atom. The van der Waals surface area contributed by atoms with Gasteiger partial charge in [-0.05, 0) is 70.6 Å². The molecule has 2 fully saturated rings. The zero-order valence-corrected chi connectivity index (χ0v) is 23.6. The third-order valence-electron chi connectivity index (χ3n) is 7.87. The summed E-state index contributed by atoms with van der Waals surface area (Å²) in [7, 11) is 0. The van der Waals surface area contributed by atoms with E-state index in [1.807, 2.05) is 39.8 Å². The number of aliphatic hydroxyl groups is 2. The number of ether oxygens (including phenoxy) is 1. The maximum atomic E-state index is 12.8. The third-order valence-corrected chi connectivity index (χ3v) is 7.87. The summed E-state index contributed by atoms with van der Waals surface area (Å²) in [6.07, 6.45) is 6.46. The molecule has 1 saturated heterocycles. The van der Waals surface area contributed by atoms with Crippen molar-refractivity contribution in [3.8, 4) is 11.4 Å². The van der Waals surface area contributed by atoms with Crippen LogP contribution in [0.1, 0.15) is 89.3 Å². The van der Waals surface area contributed by atoms with Crippen LogP contribution in [0.3, 0.4) is 0 Å². The first-order valence-corrected chi connectivity index (χ1v) is 13.5. The number of nitrogens with zero attached hydrogens (tertiary/aromatic N) is 4. The van der Waals surface area contributed by atoms with E-state index < -0.39 is 28.3 Å². The summed E-state index contributed by atoms with van der Waals surface area (Å²) < 4.78 is 10.8. The molecule has 2 N–H and O–H groups in total. The minimum absolute atomic E-state index is 0.0868. The van der Waals surface area contributed by atoms with E-state index in [9.17, 15) is 15.0 Å². The molecule has 1 saturated carbocycles. The zero-order chi connectivity index (χ0) is 28.2. The van der Waals surface area contributed by atoms with Gasteiger partial charge in [0, 0.05) is 42.0 Å². The third kappa shape index (κ3) is 5.05. The van der Waals surface area contributed by atoms with Gasteiger partial charge in [0.25, 0.3) is 5.89 Å². The molecule has 208 valence electrons. The fraction of sp³-hybridized carbons (Fsp3) is 0.533. The Labute approximate surface area is 229 Å². The first kappa shape index (κ1) is 27.3. The lowest BCUT2D eigenvalue weighted by molar-refractivity contribution is -0.131. The Bertz CT molecular complexity index is 1340. The summed E-state index contributed by atoms with van der Waals surface area (Å²) in [6.45, 7) is 11.2. The lowest BCUT2D eigenvalue weighted by atomic mass is 9.62. The molecule has 0 bridgehead atoms. The molecular formula is C30H38N4O5. The fourth-order valence-corrected chi connectivity index (χ4v) is 5.43. The molecule has 1 unspecified atom stereocenters. The first-order chi connectivity index (χ1) is 18.2. The van der Waals surface area contributed by atoms with Crippen molar-refractivity contribution in [1.29, 1.82) is 0 Å². The largest absolute Gasteiger partial charge is 0.444 e. The summed E-state index contributed by atoms with van der Waals surface area (Å²) in [5.41, 5.74) is -1.00. The van der Waals surface area contributed by atoms with Crippen molar-refractivity contribution in [2.75, 3.05) is 13.1 Å². The van der Waals surface area contributed by atoms with Crippen LogP contribution in [0.4, 0.5) is 4.79 Å². The molecule has 3 heterocycles. The highest BCUT2D eigenvalue weighted by molar-refractivity contribution is 5.70. The Morgan fingerprint density at radius 1 is 1.05 bits per heavy atom. The van der Waals surface area contributed by atoms with Crippen LogP contribution in [0, 0.1) is 5.41 Å². The van der Waals surface area contributed by atoms with Crippen molar-refractivity contribution in [1.82, 2.24) is 20.0 Å². The van der Waals surface area contributed by atoms with Gasteiger partial charge in [0.1, 0.15) is 16.8 Å². The van der Waals surface area contributed by atoms with E-state index in [2.05, 4.69) is 27.3 Å². The summed E-state index contributed by atoms with van der Waals surface area (Å²) >= 11 is 0. The number of likely N-dealkylation sites (tertiary alicyclic amines) is 1. The summed E-state index contributed by atoms with van der Waals surface area (Å²) in [6, 6.07) is 9.98. The van der Waals surface area contributed by atoms with E-state index in [-0.39, 0.29) is 11.7 Å². The molecule has 0 radical (unpaired) electrons. The molecule has 1 aliphatic carbocycles. The van der Waals surface area contributed by atoms with E-state index in [1.54, 1.807) is 37.2 Å². The predicted octanol–water partition coefficient (Wildman–Crippen LogP) is 5.12. The Kier molecular flexibility index (Phi) is 6.58. The second-order valence-corrected chi connectivity index (χ2v) is 12.8. The van der Waals surface area contributed by atoms with E-state index in [1.165, 1.54) is 24.8 Å². The van der Waals surface area contributed by atoms with Crippen LogP contribution < -0.4 is 0 Å². The molecule has 0 spiro atoms. The molecule has 2 aromatic heterocycles. The van der Waals surface area contributed by atoms with Gasteiger partial charge in [-0.1, -0.05) is 42.8 Å². The Balaban J connectivity index is 1.52. The number of amides is 1. The molecule has 9 nitrogen and oxygen atoms in total. The number of hydrogen-bond acceptors (Lipinski definition) is 8. The molecule has 1 aromatic carbocycles. The van der Waals surface area contributed by atoms with Crippen LogP contribution in [-0.4, -0.2) is 55.0 Å². The highest BCUT2D eigenvalue weighted by atomic mass is 16.6. The molecule has 39 heavy (non-hydrogen) atoms. The van der Waals surface area contributed by atoms with Gasteiger partial charge in [-0.2, -0.15) is 4.98 Å². The van der Waals surface area contributed by atoms with Crippen LogP contribution in [0.5, 0.6) is 0 Å². The number of hydrogen-bond donors (Lipinski definition) is 2. The van der Waals surface area contributed by atoms with Gasteiger partial charge < -0.3 is 24.4 Å². The molecule has 1 atom stereocenters. The number of rotatable bonds is 6. The number of pyridine rings is 1. The molecule has 9 heteroatoms. The highest BCUT2D eigenvalue weighted by Crippen LogP contribution is 2.51. The van der Waals surface area contributed by atoms with Gasteiger partial charge in [-0.25, -0.2) is 4.79 Å². The second-order valence-electron chi connectivity index (χ2n) is 12.8. The maximum Gasteiger partial charge on any atom is 0.410 e. The standard InChI is InChI=1S/C30H38N4O5/c1-27(2,3)38-26(35)34-17-29(6,18-34)30(37,22-12-10-20(11-13-22)19-8-7-9-19)23-14-21(15-31-16-23)24-32-25(39-33-24)28(4,5)36/h10-16,19,36-37H,7-9,17-18H2,1-6H3. The fourth-order valence-electron chi connectivity index (χ4n) is 5.43. The molecule has 2 aliphatic rings. The number of carbonyl (C=O) groups is 1. The van der Waals surface area contributed by atoms with Crippen LogP contribution in [-0.2, 0) is 15.9 Å². The van der Waals surface area contributed by atoms with Crippen LogP contribution >= 0.6 is 0 Å². The highest BCUT2D eigenvalue weighted by Gasteiger charge is 2.58. The lowest BCUT2D eigenvalue weighted by Crippen LogP contribution is -2.66. The summed E-state index contributed by atoms with van der Waals surface area (Å²) in [4.78, 5) is 23.1. The monoisotopic (exact) mass is 534 g/mol. The van der Waals surface area contributed by atoms with Gasteiger partial charge in [0.05, 0.1) is 0 Å². The van der Waals surface area contributed by atoms with Crippen molar-refractivity contribution < 1.29 is 24.3 Å². The van der Waals surface area contributed by atoms with E-state index in [0.717, 1.165) is 5.56 Å². The van der Waals surface area contributed by atoms with Crippen molar-refractivity contribution in [2.24, 2.45) is 5.41 Å². The maximum absolute atomic E-state index is 12.8. The molecule has 1 amide bonds. The van der Waals surface area contributed by atoms with Gasteiger partial charge in [0.2, 0.25) is 5.82 Å². The predicted molar refractivity (Wildman–Crippen MR) is 145 cm³/mol. The van der Waals surface area contributed by atoms with Gasteiger partial charge >= 0.3 is 6.09 Å². The van der Waals surface area contributed by atoms with Gasteiger partial charge in [-0.3, -0.25) is 4.98 Å². The Hall–Kier alpha value is -3.30. The lowest BCUT2D eigenvalue weighted by Gasteiger charge is -2.56. The quantitative estimate of drug-likeness (QED) is 0.447. The van der Waals surface area contributed by atoms with Crippen molar-refractivity contribution >= 4 is 6.09 Å². The normalized spacial score (nSPS) is 19.1. The van der Waals surface area contributed by atoms with Gasteiger partial charge in [-0.15, -0.1) is 0 Å². The number of benzene rings is 1. The average Bonchev–Trinajstić information content (AvgIpc) is 3.31. The molecule has 1 aliphatic heterocycles. The van der Waals surface area contributed by atoms with E-state index in [4.69, 9.17) is 9.26 Å². The minimum atomic E-state index is -1.48. The van der Waals surface area contributed by atoms with Gasteiger partial charge in [0.15, 0.2) is 0 Å². The zero-order valence-electron chi connectivity index (χ0n) is 23.6. The van der Waals surface area contributed by atoms with Crippen molar-refractivity contribution in [3.63, 3.8) is 0 Å². The minimum Gasteiger partial charge on any atom is -0.444 e. The number of carbonyl (C=O) groups excluding carboxylic acids is 1. The van der Waals surface area contributed by atoms with E-state index >= 15 is 0 Å². The van der Waals surface area contributed by atoms with Crippen molar-refractivity contribution in [2.45, 2.75) is 83.5 Å². The van der Waals surface area contributed by atoms with Crippen LogP contribution in [0.2, 0.25) is 0 Å². The molecule has 5 rings (SSSR count). The molecular weight excluding hydrogens is 496 g/mol. The average molecular weight is 535 g/mol. The summed E-state index contributed by atoms with van der Waals surface area (Å²) in [5.74, 6) is 0.921. The number of aromatic nitrogens is 3. The SMILES string of the molecule is CC(C)(C)OC(=O)N1CC(C)(C(O)(c2ccc(C3CCC3)cc2)c2cncc(-c3noc(C(C)(C)O)n3)c2)C1. The Morgan fingerprint density at radius 3 is 2.26 bits per heavy atom. The first-order valence-electron chi connectivity index (χ1n) is 13.5.